The van der Waals surface area contributed by atoms with Gasteiger partial charge in [-0.05, 0) is 30.8 Å². The van der Waals surface area contributed by atoms with Crippen molar-refractivity contribution in [2.75, 3.05) is 33.4 Å². The van der Waals surface area contributed by atoms with Gasteiger partial charge in [-0.2, -0.15) is 0 Å². The molecule has 2 saturated heterocycles. The minimum absolute atomic E-state index is 0.0364. The predicted molar refractivity (Wildman–Crippen MR) is 96.7 cm³/mol. The van der Waals surface area contributed by atoms with Crippen molar-refractivity contribution in [1.29, 1.82) is 0 Å². The molecule has 0 spiro atoms. The Morgan fingerprint density at radius 3 is 2.92 bits per heavy atom. The number of aliphatic hydroxyl groups excluding tert-OH is 2. The number of thiophene rings is 1. The molecule has 3 N–H and O–H groups in total. The largest absolute Gasteiger partial charge is 0.394 e. The van der Waals surface area contributed by atoms with Crippen LogP contribution in [0.4, 0.5) is 0 Å². The molecular formula is C16H26N2O6S2. The molecule has 1 aromatic rings. The molecule has 5 atom stereocenters. The van der Waals surface area contributed by atoms with E-state index in [2.05, 4.69) is 9.62 Å². The molecule has 148 valence electrons. The second-order valence-electron chi connectivity index (χ2n) is 6.65. The lowest BCUT2D eigenvalue weighted by Crippen LogP contribution is -2.53. The number of nitrogens with zero attached hydrogens (tertiary/aromatic N) is 1. The molecule has 0 radical (unpaired) electrons. The average Bonchev–Trinajstić information content (AvgIpc) is 3.34. The zero-order valence-corrected chi connectivity index (χ0v) is 16.3. The van der Waals surface area contributed by atoms with Crippen LogP contribution in [0, 0.1) is 0 Å². The zero-order valence-electron chi connectivity index (χ0n) is 14.7. The average molecular weight is 407 g/mol. The smallest absolute Gasteiger partial charge is 0.250 e. The molecule has 0 amide bonds. The maximum atomic E-state index is 12.4. The lowest BCUT2D eigenvalue weighted by molar-refractivity contribution is -0.0201. The fourth-order valence-electron chi connectivity index (χ4n) is 3.86. The minimum atomic E-state index is -3.62. The summed E-state index contributed by atoms with van der Waals surface area (Å²) in [5.41, 5.74) is 0. The first kappa shape index (κ1) is 20.2. The number of hydrogen-bond donors (Lipinski definition) is 3. The third-order valence-electron chi connectivity index (χ3n) is 5.04. The van der Waals surface area contributed by atoms with E-state index in [-0.39, 0.29) is 29.4 Å². The predicted octanol–water partition coefficient (Wildman–Crippen LogP) is -0.374. The number of sulfonamides is 1. The Hall–Kier alpha value is -0.590. The van der Waals surface area contributed by atoms with Crippen LogP contribution in [0.3, 0.4) is 0 Å². The fourth-order valence-corrected chi connectivity index (χ4v) is 5.94. The molecule has 1 aromatic heterocycles. The standard InChI is InChI=1S/C16H26N2O6S2/c1-23-10-11-4-2-6-18(11)15-12(24-13(9-19)16(15)20)8-17-26(21,22)14-5-3-7-25-14/h3,5,7,11-13,15-17,19-20H,2,4,6,8-10H2,1H3/t11-,12-,13+,15+,16-/m1/s1. The van der Waals surface area contributed by atoms with E-state index >= 15 is 0 Å². The van der Waals surface area contributed by atoms with E-state index in [0.717, 1.165) is 30.7 Å². The van der Waals surface area contributed by atoms with Gasteiger partial charge in [0.1, 0.15) is 16.4 Å². The summed E-state index contributed by atoms with van der Waals surface area (Å²) in [5.74, 6) is 0. The van der Waals surface area contributed by atoms with Crippen LogP contribution in [0.2, 0.25) is 0 Å². The van der Waals surface area contributed by atoms with E-state index in [4.69, 9.17) is 9.47 Å². The Balaban J connectivity index is 1.73. The first-order valence-corrected chi connectivity index (χ1v) is 11.1. The highest BCUT2D eigenvalue weighted by atomic mass is 32.2. The highest BCUT2D eigenvalue weighted by Gasteiger charge is 2.49. The van der Waals surface area contributed by atoms with Crippen molar-refractivity contribution in [1.82, 2.24) is 9.62 Å². The Labute approximate surface area is 157 Å². The van der Waals surface area contributed by atoms with Crippen molar-refractivity contribution in [3.63, 3.8) is 0 Å². The minimum Gasteiger partial charge on any atom is -0.394 e. The highest BCUT2D eigenvalue weighted by Crippen LogP contribution is 2.31. The third-order valence-corrected chi connectivity index (χ3v) is 7.86. The molecule has 0 aliphatic carbocycles. The van der Waals surface area contributed by atoms with Crippen LogP contribution in [0.5, 0.6) is 0 Å². The third kappa shape index (κ3) is 4.12. The van der Waals surface area contributed by atoms with E-state index in [1.165, 1.54) is 0 Å². The van der Waals surface area contributed by atoms with Crippen molar-refractivity contribution in [2.24, 2.45) is 0 Å². The summed E-state index contributed by atoms with van der Waals surface area (Å²) in [6.45, 7) is 1.05. The molecule has 0 aromatic carbocycles. The van der Waals surface area contributed by atoms with Gasteiger partial charge in [-0.3, -0.25) is 4.90 Å². The molecule has 0 unspecified atom stereocenters. The highest BCUT2D eigenvalue weighted by molar-refractivity contribution is 7.91. The molecule has 2 aliphatic rings. The van der Waals surface area contributed by atoms with Crippen molar-refractivity contribution in [3.05, 3.63) is 17.5 Å². The molecule has 26 heavy (non-hydrogen) atoms. The van der Waals surface area contributed by atoms with E-state index < -0.39 is 28.3 Å². The fraction of sp³-hybridized carbons (Fsp3) is 0.750. The van der Waals surface area contributed by atoms with Gasteiger partial charge in [0, 0.05) is 19.7 Å². The number of hydrogen-bond acceptors (Lipinski definition) is 8. The summed E-state index contributed by atoms with van der Waals surface area (Å²) in [5, 5.41) is 21.8. The Morgan fingerprint density at radius 2 is 2.27 bits per heavy atom. The maximum Gasteiger partial charge on any atom is 0.250 e. The molecule has 0 saturated carbocycles. The first-order valence-electron chi connectivity index (χ1n) is 8.70. The molecule has 0 bridgehead atoms. The van der Waals surface area contributed by atoms with Gasteiger partial charge >= 0.3 is 0 Å². The van der Waals surface area contributed by atoms with Crippen LogP contribution in [0.25, 0.3) is 0 Å². The number of nitrogens with one attached hydrogen (secondary N) is 1. The lowest BCUT2D eigenvalue weighted by Gasteiger charge is -2.34. The number of likely N-dealkylation sites (tertiary alicyclic amines) is 1. The molecule has 8 nitrogen and oxygen atoms in total. The van der Waals surface area contributed by atoms with Gasteiger partial charge in [0.2, 0.25) is 10.0 Å². The summed E-state index contributed by atoms with van der Waals surface area (Å²) in [7, 11) is -1.98. The number of rotatable bonds is 8. The summed E-state index contributed by atoms with van der Waals surface area (Å²) in [6.07, 6.45) is -0.216. The van der Waals surface area contributed by atoms with Gasteiger partial charge in [0.25, 0.3) is 0 Å². The molecule has 3 rings (SSSR count). The summed E-state index contributed by atoms with van der Waals surface area (Å²) >= 11 is 1.14. The Bertz CT molecular complexity index is 668. The van der Waals surface area contributed by atoms with Gasteiger partial charge in [-0.15, -0.1) is 11.3 Å². The number of aliphatic hydroxyl groups is 2. The second-order valence-corrected chi connectivity index (χ2v) is 9.59. The van der Waals surface area contributed by atoms with E-state index in [0.29, 0.717) is 6.61 Å². The Kier molecular flexibility index (Phi) is 6.68. The number of methoxy groups -OCH3 is 1. The van der Waals surface area contributed by atoms with E-state index in [1.54, 1.807) is 24.6 Å². The Morgan fingerprint density at radius 1 is 1.46 bits per heavy atom. The van der Waals surface area contributed by atoms with Crippen LogP contribution >= 0.6 is 11.3 Å². The van der Waals surface area contributed by atoms with Gasteiger partial charge in [0.15, 0.2) is 0 Å². The van der Waals surface area contributed by atoms with Gasteiger partial charge in [0.05, 0.1) is 25.4 Å². The monoisotopic (exact) mass is 406 g/mol. The summed E-state index contributed by atoms with van der Waals surface area (Å²) in [6, 6.07) is 2.98. The molecule has 2 fully saturated rings. The van der Waals surface area contributed by atoms with E-state index in [1.807, 2.05) is 0 Å². The second kappa shape index (κ2) is 8.61. The summed E-state index contributed by atoms with van der Waals surface area (Å²) < 4.78 is 38.6. The van der Waals surface area contributed by atoms with Crippen LogP contribution in [0.15, 0.2) is 21.7 Å². The van der Waals surface area contributed by atoms with Crippen molar-refractivity contribution in [3.8, 4) is 0 Å². The van der Waals surface area contributed by atoms with Crippen molar-refractivity contribution in [2.45, 2.75) is 47.4 Å². The topological polar surface area (TPSA) is 108 Å². The number of ether oxygens (including phenoxy) is 2. The molecule has 2 aliphatic heterocycles. The maximum absolute atomic E-state index is 12.4. The molecular weight excluding hydrogens is 380 g/mol. The van der Waals surface area contributed by atoms with Crippen LogP contribution in [0.1, 0.15) is 12.8 Å². The quantitative estimate of drug-likeness (QED) is 0.540. The molecule has 3 heterocycles. The lowest BCUT2D eigenvalue weighted by atomic mass is 10.0. The van der Waals surface area contributed by atoms with Gasteiger partial charge in [-0.1, -0.05) is 6.07 Å². The van der Waals surface area contributed by atoms with Crippen LogP contribution in [-0.4, -0.2) is 87.3 Å². The van der Waals surface area contributed by atoms with Crippen molar-refractivity contribution >= 4 is 21.4 Å². The summed E-state index contributed by atoms with van der Waals surface area (Å²) in [4.78, 5) is 2.13. The van der Waals surface area contributed by atoms with E-state index in [9.17, 15) is 18.6 Å². The van der Waals surface area contributed by atoms with Gasteiger partial charge in [-0.25, -0.2) is 13.1 Å². The van der Waals surface area contributed by atoms with Crippen molar-refractivity contribution < 1.29 is 28.1 Å². The SMILES string of the molecule is COC[C@H]1CCCN1[C@@H]1[C@H](O)[C@H](CO)O[C@@H]1CNS(=O)(=O)c1cccs1. The first-order chi connectivity index (χ1) is 12.5. The normalized spacial score (nSPS) is 33.1. The molecule has 10 heteroatoms. The van der Waals surface area contributed by atoms with Crippen LogP contribution < -0.4 is 4.72 Å². The van der Waals surface area contributed by atoms with Gasteiger partial charge < -0.3 is 19.7 Å². The van der Waals surface area contributed by atoms with Crippen LogP contribution in [-0.2, 0) is 19.5 Å². The zero-order chi connectivity index (χ0) is 18.7.